The van der Waals surface area contributed by atoms with E-state index in [1.165, 1.54) is 12.8 Å². The number of rotatable bonds is 2. The molecule has 0 bridgehead atoms. The summed E-state index contributed by atoms with van der Waals surface area (Å²) in [5.41, 5.74) is 0. The fourth-order valence-electron chi connectivity index (χ4n) is 1.85. The van der Waals surface area contributed by atoms with E-state index in [4.69, 9.17) is 5.84 Å². The monoisotopic (exact) mass is 169 g/mol. The van der Waals surface area contributed by atoms with Gasteiger partial charge < -0.3 is 10.7 Å². The molecule has 3 heteroatoms. The average Bonchev–Trinajstić information content (AvgIpc) is 2.32. The first-order valence-electron chi connectivity index (χ1n) is 4.64. The van der Waals surface area contributed by atoms with Crippen molar-refractivity contribution in [1.29, 1.82) is 0 Å². The van der Waals surface area contributed by atoms with E-state index in [-0.39, 0.29) is 0 Å². The van der Waals surface area contributed by atoms with Gasteiger partial charge in [0, 0.05) is 19.5 Å². The fraction of sp³-hybridized carbons (Fsp3) is 0.889. The lowest BCUT2D eigenvalue weighted by atomic mass is 10.0. The summed E-state index contributed by atoms with van der Waals surface area (Å²) in [5.74, 6) is 7.08. The third-order valence-electron chi connectivity index (χ3n) is 2.55. The molecule has 0 saturated carbocycles. The van der Waals surface area contributed by atoms with Crippen LogP contribution < -0.4 is 5.84 Å². The van der Waals surface area contributed by atoms with Crippen LogP contribution in [-0.4, -0.2) is 23.8 Å². The Bertz CT molecular complexity index is 175. The van der Waals surface area contributed by atoms with E-state index in [1.807, 2.05) is 0 Å². The lowest BCUT2D eigenvalue weighted by Crippen LogP contribution is -2.30. The van der Waals surface area contributed by atoms with Crippen LogP contribution in [0, 0.1) is 5.92 Å². The minimum atomic E-state index is 0.660. The van der Waals surface area contributed by atoms with Gasteiger partial charge in [-0.2, -0.15) is 5.10 Å². The molecule has 1 heterocycles. The van der Waals surface area contributed by atoms with Gasteiger partial charge >= 0.3 is 0 Å². The molecule has 1 fully saturated rings. The molecule has 0 spiro atoms. The van der Waals surface area contributed by atoms with E-state index < -0.39 is 0 Å². The van der Waals surface area contributed by atoms with Gasteiger partial charge in [0.05, 0.1) is 0 Å². The summed E-state index contributed by atoms with van der Waals surface area (Å²) >= 11 is 0. The van der Waals surface area contributed by atoms with Gasteiger partial charge in [0.25, 0.3) is 0 Å². The van der Waals surface area contributed by atoms with Crippen LogP contribution in [0.25, 0.3) is 0 Å². The minimum Gasteiger partial charge on any atom is -0.359 e. The van der Waals surface area contributed by atoms with Crippen LogP contribution in [0.15, 0.2) is 5.10 Å². The Morgan fingerprint density at radius 3 is 2.75 bits per heavy atom. The first-order chi connectivity index (χ1) is 5.65. The summed E-state index contributed by atoms with van der Waals surface area (Å²) < 4.78 is 0. The number of hydrogen-bond acceptors (Lipinski definition) is 2. The summed E-state index contributed by atoms with van der Waals surface area (Å²) in [6.07, 6.45) is 3.50. The number of nitrogens with two attached hydrogens (primary N) is 1. The molecular weight excluding hydrogens is 150 g/mol. The average molecular weight is 169 g/mol. The Labute approximate surface area is 74.6 Å². The Balaban J connectivity index is 2.49. The Morgan fingerprint density at radius 2 is 2.33 bits per heavy atom. The van der Waals surface area contributed by atoms with Crippen molar-refractivity contribution in [3.8, 4) is 0 Å². The van der Waals surface area contributed by atoms with Crippen LogP contribution >= 0.6 is 0 Å². The zero-order valence-electron chi connectivity index (χ0n) is 8.25. The minimum absolute atomic E-state index is 0.660. The zero-order valence-corrected chi connectivity index (χ0v) is 8.25. The van der Waals surface area contributed by atoms with Gasteiger partial charge in [-0.25, -0.2) is 0 Å². The van der Waals surface area contributed by atoms with Gasteiger partial charge in [0.1, 0.15) is 5.84 Å². The van der Waals surface area contributed by atoms with Crippen molar-refractivity contribution >= 4 is 5.84 Å². The highest BCUT2D eigenvalue weighted by molar-refractivity contribution is 5.84. The van der Waals surface area contributed by atoms with Gasteiger partial charge in [-0.15, -0.1) is 0 Å². The van der Waals surface area contributed by atoms with E-state index in [1.54, 1.807) is 0 Å². The van der Waals surface area contributed by atoms with Crippen LogP contribution in [0.2, 0.25) is 0 Å². The second-order valence-electron chi connectivity index (χ2n) is 3.98. The van der Waals surface area contributed by atoms with Crippen molar-refractivity contribution in [2.24, 2.45) is 16.9 Å². The smallest absolute Gasteiger partial charge is 0.124 e. The Morgan fingerprint density at radius 1 is 1.67 bits per heavy atom. The second-order valence-corrected chi connectivity index (χ2v) is 3.98. The van der Waals surface area contributed by atoms with E-state index >= 15 is 0 Å². The molecule has 1 rings (SSSR count). The van der Waals surface area contributed by atoms with Crippen LogP contribution in [0.3, 0.4) is 0 Å². The molecule has 1 aliphatic rings. The summed E-state index contributed by atoms with van der Waals surface area (Å²) in [7, 11) is 2.09. The summed E-state index contributed by atoms with van der Waals surface area (Å²) in [4.78, 5) is 2.22. The molecule has 70 valence electrons. The van der Waals surface area contributed by atoms with E-state index in [9.17, 15) is 0 Å². The van der Waals surface area contributed by atoms with E-state index in [0.29, 0.717) is 6.04 Å². The molecule has 0 aromatic heterocycles. The predicted molar refractivity (Wildman–Crippen MR) is 51.9 cm³/mol. The van der Waals surface area contributed by atoms with Crippen LogP contribution in [0.5, 0.6) is 0 Å². The van der Waals surface area contributed by atoms with Crippen molar-refractivity contribution < 1.29 is 0 Å². The summed E-state index contributed by atoms with van der Waals surface area (Å²) in [6.45, 7) is 4.51. The number of hydrazone groups is 1. The topological polar surface area (TPSA) is 41.6 Å². The fourth-order valence-corrected chi connectivity index (χ4v) is 1.85. The zero-order chi connectivity index (χ0) is 9.14. The second kappa shape index (κ2) is 3.78. The molecular formula is C9H19N3. The molecule has 3 nitrogen and oxygen atoms in total. The van der Waals surface area contributed by atoms with Crippen molar-refractivity contribution in [2.75, 3.05) is 7.05 Å². The SMILES string of the molecule is CC(C)CC1CCC(=NN)N1C. The molecule has 0 aromatic rings. The van der Waals surface area contributed by atoms with Gasteiger partial charge in [-0.3, -0.25) is 0 Å². The number of amidine groups is 1. The maximum atomic E-state index is 5.26. The lowest BCUT2D eigenvalue weighted by Gasteiger charge is -2.22. The Kier molecular flexibility index (Phi) is 2.95. The molecule has 1 saturated heterocycles. The number of likely N-dealkylation sites (tertiary alicyclic amines) is 1. The van der Waals surface area contributed by atoms with E-state index in [2.05, 4.69) is 30.9 Å². The highest BCUT2D eigenvalue weighted by atomic mass is 15.3. The van der Waals surface area contributed by atoms with Crippen molar-refractivity contribution in [2.45, 2.75) is 39.2 Å². The molecule has 0 aliphatic carbocycles. The van der Waals surface area contributed by atoms with Crippen molar-refractivity contribution in [1.82, 2.24) is 4.90 Å². The Hall–Kier alpha value is -0.730. The first kappa shape index (κ1) is 9.36. The van der Waals surface area contributed by atoms with Gasteiger partial charge in [-0.05, 0) is 18.8 Å². The van der Waals surface area contributed by atoms with Crippen molar-refractivity contribution in [3.63, 3.8) is 0 Å². The summed E-state index contributed by atoms with van der Waals surface area (Å²) in [6, 6.07) is 0.660. The van der Waals surface area contributed by atoms with Crippen molar-refractivity contribution in [3.05, 3.63) is 0 Å². The van der Waals surface area contributed by atoms with Gasteiger partial charge in [0.15, 0.2) is 0 Å². The maximum absolute atomic E-state index is 5.26. The number of hydrogen-bond donors (Lipinski definition) is 1. The highest BCUT2D eigenvalue weighted by Crippen LogP contribution is 2.22. The quantitative estimate of drug-likeness (QED) is 0.501. The van der Waals surface area contributed by atoms with Crippen LogP contribution in [-0.2, 0) is 0 Å². The molecule has 0 aromatic carbocycles. The molecule has 1 atom stereocenters. The van der Waals surface area contributed by atoms with Crippen LogP contribution in [0.4, 0.5) is 0 Å². The summed E-state index contributed by atoms with van der Waals surface area (Å²) in [5, 5.41) is 3.77. The van der Waals surface area contributed by atoms with Crippen LogP contribution in [0.1, 0.15) is 33.1 Å². The van der Waals surface area contributed by atoms with Gasteiger partial charge in [-0.1, -0.05) is 13.8 Å². The molecule has 0 radical (unpaired) electrons. The number of nitrogens with zero attached hydrogens (tertiary/aromatic N) is 2. The highest BCUT2D eigenvalue weighted by Gasteiger charge is 2.26. The first-order valence-corrected chi connectivity index (χ1v) is 4.64. The largest absolute Gasteiger partial charge is 0.359 e. The van der Waals surface area contributed by atoms with Gasteiger partial charge in [0.2, 0.25) is 0 Å². The molecule has 0 amide bonds. The molecule has 12 heavy (non-hydrogen) atoms. The maximum Gasteiger partial charge on any atom is 0.124 e. The predicted octanol–water partition coefficient (Wildman–Crippen LogP) is 1.40. The van der Waals surface area contributed by atoms with E-state index in [0.717, 1.165) is 18.2 Å². The third kappa shape index (κ3) is 1.90. The third-order valence-corrected chi connectivity index (χ3v) is 2.55. The molecule has 2 N–H and O–H groups in total. The standard InChI is InChI=1S/C9H19N3/c1-7(2)6-8-4-5-9(11-10)12(8)3/h7-8H,4-6,10H2,1-3H3. The normalized spacial score (nSPS) is 27.5. The molecule has 1 aliphatic heterocycles. The molecule has 1 unspecified atom stereocenters. The lowest BCUT2D eigenvalue weighted by molar-refractivity contribution is 0.333.